The summed E-state index contributed by atoms with van der Waals surface area (Å²) in [5, 5.41) is 43.0. The van der Waals surface area contributed by atoms with Crippen molar-refractivity contribution in [3.63, 3.8) is 0 Å². The van der Waals surface area contributed by atoms with Crippen molar-refractivity contribution in [3.05, 3.63) is 213 Å². The Morgan fingerprint density at radius 2 is 0.983 bits per heavy atom. The summed E-state index contributed by atoms with van der Waals surface area (Å²) in [4.78, 5) is 29.8. The Balaban J connectivity index is 0.000000195. The lowest BCUT2D eigenvalue weighted by Gasteiger charge is -1.98. The van der Waals surface area contributed by atoms with Gasteiger partial charge >= 0.3 is 14.2 Å². The van der Waals surface area contributed by atoms with Crippen LogP contribution in [-0.2, 0) is 0 Å². The lowest BCUT2D eigenvalue weighted by atomic mass is 9.81. The normalized spacial score (nSPS) is 9.47. The number of benzene rings is 4. The molecule has 304 valence electrons. The zero-order chi connectivity index (χ0) is 43.5. The van der Waals surface area contributed by atoms with E-state index in [9.17, 15) is 9.59 Å². The van der Waals surface area contributed by atoms with Gasteiger partial charge in [0.1, 0.15) is 5.15 Å². The predicted octanol–water partition coefficient (Wildman–Crippen LogP) is 9.44. The molecule has 8 rings (SSSR count). The highest BCUT2D eigenvalue weighted by Crippen LogP contribution is 2.22. The molecule has 0 bridgehead atoms. The first-order valence-electron chi connectivity index (χ1n) is 18.2. The highest BCUT2D eigenvalue weighted by molar-refractivity contribution is 7.09. The molecule has 14 heteroatoms. The van der Waals surface area contributed by atoms with Gasteiger partial charge in [0, 0.05) is 34.1 Å². The number of carbonyl (C=O) groups excluding carboxylic acids is 2. The number of aromatic nitrogens is 2. The van der Waals surface area contributed by atoms with E-state index in [1.807, 2.05) is 90.4 Å². The van der Waals surface area contributed by atoms with Crippen LogP contribution >= 0.6 is 45.9 Å². The van der Waals surface area contributed by atoms with Gasteiger partial charge in [0.25, 0.3) is 0 Å². The highest BCUT2D eigenvalue weighted by Gasteiger charge is 2.09. The molecule has 4 aromatic carbocycles. The van der Waals surface area contributed by atoms with Gasteiger partial charge in [-0.15, -0.1) is 0 Å². The third-order valence-corrected chi connectivity index (χ3v) is 9.56. The first kappa shape index (κ1) is 48.8. The zero-order valence-corrected chi connectivity index (χ0v) is 35.8. The molecule has 4 heterocycles. The van der Waals surface area contributed by atoms with Gasteiger partial charge in [-0.2, -0.15) is 22.7 Å². The summed E-state index contributed by atoms with van der Waals surface area (Å²) in [7, 11) is -2.65. The van der Waals surface area contributed by atoms with Crippen molar-refractivity contribution in [1.82, 2.24) is 9.97 Å². The Morgan fingerprint density at radius 1 is 0.483 bits per heavy atom. The minimum atomic E-state index is -1.34. The fraction of sp³-hybridized carbons (Fsp3) is 0.0435. The molecule has 8 aromatic rings. The Labute approximate surface area is 369 Å². The average molecular weight is 876 g/mol. The standard InChI is InChI=1S/C12H10OS.C11H9N.C8H7ClO.C6H7BO2.C5H4ClN.C4H5BO2S/c1-9(13)10-2-4-11(5-3-10)12-6-7-14-8-12;1-2-6-10(7-3-1)11-8-4-5-9-12-11;1-6(10)7-2-4-8(9)5-3-7;8-7(9)6-4-2-1-3-5-6;6-5-3-1-2-4-7-5;6-5(7)4-1-2-8-3-4/h2-8H,1H3;1-9H;2-5H,1H3;1-5,8-9H;1-4H;1-3,6-7H. The highest BCUT2D eigenvalue weighted by atomic mass is 35.5. The van der Waals surface area contributed by atoms with E-state index in [1.165, 1.54) is 23.8 Å². The second kappa shape index (κ2) is 28.0. The van der Waals surface area contributed by atoms with Crippen molar-refractivity contribution in [1.29, 1.82) is 0 Å². The maximum atomic E-state index is 11.0. The van der Waals surface area contributed by atoms with Crippen molar-refractivity contribution < 1.29 is 29.7 Å². The second-order valence-electron chi connectivity index (χ2n) is 12.2. The van der Waals surface area contributed by atoms with E-state index >= 15 is 0 Å². The van der Waals surface area contributed by atoms with Gasteiger partial charge < -0.3 is 20.1 Å². The molecular formula is C46H42B2Cl2N2O6S2. The summed E-state index contributed by atoms with van der Waals surface area (Å²) in [6.07, 6.45) is 3.46. The van der Waals surface area contributed by atoms with Gasteiger partial charge in [-0.25, -0.2) is 4.98 Å². The molecule has 8 nitrogen and oxygen atoms in total. The number of pyridine rings is 2. The summed E-state index contributed by atoms with van der Waals surface area (Å²) in [6, 6.07) is 48.5. The number of ketones is 2. The molecule has 0 aliphatic carbocycles. The van der Waals surface area contributed by atoms with Crippen LogP contribution in [0.3, 0.4) is 0 Å². The first-order chi connectivity index (χ1) is 28.9. The molecule has 0 radical (unpaired) electrons. The lowest BCUT2D eigenvalue weighted by Crippen LogP contribution is -2.29. The topological polar surface area (TPSA) is 141 Å². The maximum absolute atomic E-state index is 11.0. The van der Waals surface area contributed by atoms with E-state index in [-0.39, 0.29) is 11.6 Å². The number of hydrogen-bond donors (Lipinski definition) is 4. The van der Waals surface area contributed by atoms with Crippen LogP contribution in [0.4, 0.5) is 0 Å². The van der Waals surface area contributed by atoms with Crippen molar-refractivity contribution in [2.24, 2.45) is 0 Å². The van der Waals surface area contributed by atoms with E-state index in [2.05, 4.69) is 33.5 Å². The van der Waals surface area contributed by atoms with Crippen molar-refractivity contribution in [2.75, 3.05) is 0 Å². The van der Waals surface area contributed by atoms with Crippen LogP contribution in [0.15, 0.2) is 192 Å². The maximum Gasteiger partial charge on any atom is 0.489 e. The largest absolute Gasteiger partial charge is 0.489 e. The zero-order valence-electron chi connectivity index (χ0n) is 32.7. The van der Waals surface area contributed by atoms with Crippen LogP contribution in [-0.4, -0.2) is 55.9 Å². The van der Waals surface area contributed by atoms with Crippen molar-refractivity contribution in [2.45, 2.75) is 13.8 Å². The van der Waals surface area contributed by atoms with Gasteiger partial charge in [0.2, 0.25) is 0 Å². The Hall–Kier alpha value is -5.53. The van der Waals surface area contributed by atoms with Crippen molar-refractivity contribution in [3.8, 4) is 22.4 Å². The van der Waals surface area contributed by atoms with Crippen LogP contribution < -0.4 is 10.9 Å². The quantitative estimate of drug-likeness (QED) is 0.0736. The van der Waals surface area contributed by atoms with E-state index in [4.69, 9.17) is 43.3 Å². The number of nitrogens with zero attached hydrogens (tertiary/aromatic N) is 2. The Morgan fingerprint density at radius 3 is 1.37 bits per heavy atom. The molecule has 0 unspecified atom stereocenters. The lowest BCUT2D eigenvalue weighted by molar-refractivity contribution is 0.100. The van der Waals surface area contributed by atoms with E-state index in [0.717, 1.165) is 22.4 Å². The van der Waals surface area contributed by atoms with Crippen LogP contribution in [0.2, 0.25) is 10.2 Å². The third-order valence-electron chi connectivity index (χ3n) is 7.70. The Kier molecular flexibility index (Phi) is 22.8. The van der Waals surface area contributed by atoms with E-state index < -0.39 is 14.2 Å². The van der Waals surface area contributed by atoms with E-state index in [0.29, 0.717) is 26.7 Å². The number of halogens is 2. The molecule has 0 fully saturated rings. The summed E-state index contributed by atoms with van der Waals surface area (Å²) < 4.78 is 0. The van der Waals surface area contributed by atoms with Crippen LogP contribution in [0.25, 0.3) is 22.4 Å². The molecule has 0 amide bonds. The average Bonchev–Trinajstić information content (AvgIpc) is 4.03. The summed E-state index contributed by atoms with van der Waals surface area (Å²) in [5.74, 6) is 0.179. The SMILES string of the molecule is CC(=O)c1ccc(-c2ccsc2)cc1.CC(=O)c1ccc(Cl)cc1.Clc1ccccn1.OB(O)c1ccccc1.OB(O)c1ccsc1.c1ccc(-c2ccccn2)cc1. The van der Waals surface area contributed by atoms with Gasteiger partial charge in [0.15, 0.2) is 11.6 Å². The Bertz CT molecular complexity index is 2290. The molecule has 4 N–H and O–H groups in total. The minimum absolute atomic E-state index is 0.0664. The van der Waals surface area contributed by atoms with E-state index in [1.54, 1.807) is 95.9 Å². The molecule has 0 saturated carbocycles. The third kappa shape index (κ3) is 19.5. The fourth-order valence-electron chi connectivity index (χ4n) is 4.54. The fourth-order valence-corrected chi connectivity index (χ4v) is 6.13. The predicted molar refractivity (Wildman–Crippen MR) is 251 cm³/mol. The molecule has 0 atom stereocenters. The van der Waals surface area contributed by atoms with Gasteiger partial charge in [-0.3, -0.25) is 14.6 Å². The van der Waals surface area contributed by atoms with Crippen LogP contribution in [0, 0.1) is 0 Å². The van der Waals surface area contributed by atoms with Crippen LogP contribution in [0.5, 0.6) is 0 Å². The molecule has 4 aromatic heterocycles. The molecule has 0 saturated heterocycles. The monoisotopic (exact) mass is 874 g/mol. The smallest absolute Gasteiger partial charge is 0.423 e. The van der Waals surface area contributed by atoms with Crippen LogP contribution in [0.1, 0.15) is 34.6 Å². The second-order valence-corrected chi connectivity index (χ2v) is 14.5. The summed E-state index contributed by atoms with van der Waals surface area (Å²) in [6.45, 7) is 3.11. The number of hydrogen-bond acceptors (Lipinski definition) is 10. The number of rotatable bonds is 6. The minimum Gasteiger partial charge on any atom is -0.423 e. The summed E-state index contributed by atoms with van der Waals surface area (Å²) >= 11 is 14.2. The van der Waals surface area contributed by atoms with Gasteiger partial charge in [-0.1, -0.05) is 126 Å². The van der Waals surface area contributed by atoms with Gasteiger partial charge in [-0.05, 0) is 112 Å². The summed E-state index contributed by atoms with van der Waals surface area (Å²) in [5.41, 5.74) is 7.12. The molecular weight excluding hydrogens is 833 g/mol. The molecule has 60 heavy (non-hydrogen) atoms. The first-order valence-corrected chi connectivity index (χ1v) is 20.8. The molecule has 0 aliphatic rings. The number of thiophene rings is 2. The van der Waals surface area contributed by atoms with Crippen molar-refractivity contribution >= 4 is 82.6 Å². The van der Waals surface area contributed by atoms with Gasteiger partial charge in [0.05, 0.1) is 5.69 Å². The number of carbonyl (C=O) groups is 2. The number of Topliss-reactive ketones (excluding diaryl/α,β-unsaturated/α-hetero) is 2. The molecule has 0 aliphatic heterocycles. The molecule has 0 spiro atoms.